The van der Waals surface area contributed by atoms with Crippen LogP contribution in [0.15, 0.2) is 12.1 Å². The summed E-state index contributed by atoms with van der Waals surface area (Å²) in [5.41, 5.74) is 7.68. The van der Waals surface area contributed by atoms with E-state index in [0.29, 0.717) is 5.15 Å². The van der Waals surface area contributed by atoms with Crippen molar-refractivity contribution in [1.29, 1.82) is 0 Å². The Morgan fingerprint density at radius 2 is 2.25 bits per heavy atom. The van der Waals surface area contributed by atoms with Gasteiger partial charge in [-0.15, -0.1) is 0 Å². The average Bonchev–Trinajstić information content (AvgIpc) is 2.03. The Bertz CT molecular complexity index is 273. The van der Waals surface area contributed by atoms with Crippen molar-refractivity contribution in [3.63, 3.8) is 0 Å². The summed E-state index contributed by atoms with van der Waals surface area (Å²) in [4.78, 5) is 4.13. The standard InChI is InChI=1S/C9H13ClN2/c1-3-8(11)7-5-4-6(2)12-9(7)10/h4-5,8H,3,11H2,1-2H3/t8-/m1/s1. The minimum Gasteiger partial charge on any atom is -0.324 e. The summed E-state index contributed by atoms with van der Waals surface area (Å²) in [6.07, 6.45) is 0.879. The van der Waals surface area contributed by atoms with Crippen LogP contribution in [0.5, 0.6) is 0 Å². The molecular weight excluding hydrogens is 172 g/mol. The van der Waals surface area contributed by atoms with E-state index in [1.54, 1.807) is 0 Å². The first-order chi connectivity index (χ1) is 5.65. The highest BCUT2D eigenvalue weighted by Crippen LogP contribution is 2.21. The Morgan fingerprint density at radius 1 is 1.58 bits per heavy atom. The quantitative estimate of drug-likeness (QED) is 0.718. The topological polar surface area (TPSA) is 38.9 Å². The molecule has 2 N–H and O–H groups in total. The SMILES string of the molecule is CC[C@@H](N)c1ccc(C)nc1Cl. The van der Waals surface area contributed by atoms with Crippen molar-refractivity contribution in [3.05, 3.63) is 28.5 Å². The third kappa shape index (κ3) is 1.96. The fraction of sp³-hybridized carbons (Fsp3) is 0.444. The van der Waals surface area contributed by atoms with Gasteiger partial charge in [0.2, 0.25) is 0 Å². The molecule has 0 saturated carbocycles. The largest absolute Gasteiger partial charge is 0.324 e. The zero-order chi connectivity index (χ0) is 9.14. The number of nitrogens with two attached hydrogens (primary N) is 1. The lowest BCUT2D eigenvalue weighted by atomic mass is 10.1. The third-order valence-corrected chi connectivity index (χ3v) is 2.16. The molecular formula is C9H13ClN2. The number of rotatable bonds is 2. The molecule has 0 aliphatic rings. The Labute approximate surface area is 77.8 Å². The summed E-state index contributed by atoms with van der Waals surface area (Å²) < 4.78 is 0. The van der Waals surface area contributed by atoms with Gasteiger partial charge in [0, 0.05) is 17.3 Å². The maximum Gasteiger partial charge on any atom is 0.134 e. The molecule has 0 aliphatic carbocycles. The van der Waals surface area contributed by atoms with Gasteiger partial charge in [0.1, 0.15) is 5.15 Å². The van der Waals surface area contributed by atoms with Crippen molar-refractivity contribution < 1.29 is 0 Å². The lowest BCUT2D eigenvalue weighted by molar-refractivity contribution is 0.695. The smallest absolute Gasteiger partial charge is 0.134 e. The van der Waals surface area contributed by atoms with Crippen LogP contribution in [0.1, 0.15) is 30.6 Å². The van der Waals surface area contributed by atoms with Gasteiger partial charge in [-0.3, -0.25) is 0 Å². The van der Waals surface area contributed by atoms with Crippen molar-refractivity contribution in [1.82, 2.24) is 4.98 Å². The average molecular weight is 185 g/mol. The number of hydrogen-bond acceptors (Lipinski definition) is 2. The first-order valence-electron chi connectivity index (χ1n) is 4.03. The van der Waals surface area contributed by atoms with Gasteiger partial charge in [0.25, 0.3) is 0 Å². The number of aryl methyl sites for hydroxylation is 1. The molecule has 1 aromatic rings. The van der Waals surface area contributed by atoms with Crippen LogP contribution in [0.2, 0.25) is 5.15 Å². The van der Waals surface area contributed by atoms with E-state index in [-0.39, 0.29) is 6.04 Å². The Balaban J connectivity index is 3.01. The molecule has 2 nitrogen and oxygen atoms in total. The lowest BCUT2D eigenvalue weighted by Gasteiger charge is -2.10. The highest BCUT2D eigenvalue weighted by molar-refractivity contribution is 6.30. The molecule has 0 radical (unpaired) electrons. The second-order valence-electron chi connectivity index (χ2n) is 2.85. The molecule has 1 atom stereocenters. The second-order valence-corrected chi connectivity index (χ2v) is 3.21. The van der Waals surface area contributed by atoms with Crippen LogP contribution in [-0.2, 0) is 0 Å². The van der Waals surface area contributed by atoms with Crippen LogP contribution in [-0.4, -0.2) is 4.98 Å². The molecule has 66 valence electrons. The second kappa shape index (κ2) is 3.87. The van der Waals surface area contributed by atoms with E-state index in [4.69, 9.17) is 17.3 Å². The summed E-state index contributed by atoms with van der Waals surface area (Å²) in [6.45, 7) is 3.94. The predicted octanol–water partition coefficient (Wildman–Crippen LogP) is 2.45. The zero-order valence-electron chi connectivity index (χ0n) is 7.34. The van der Waals surface area contributed by atoms with Crippen LogP contribution >= 0.6 is 11.6 Å². The van der Waals surface area contributed by atoms with Crippen LogP contribution in [0.3, 0.4) is 0 Å². The van der Waals surface area contributed by atoms with E-state index in [9.17, 15) is 0 Å². The minimum atomic E-state index is 0.00519. The Morgan fingerprint density at radius 3 is 2.75 bits per heavy atom. The molecule has 1 heterocycles. The van der Waals surface area contributed by atoms with E-state index in [2.05, 4.69) is 4.98 Å². The molecule has 12 heavy (non-hydrogen) atoms. The van der Waals surface area contributed by atoms with Gasteiger partial charge >= 0.3 is 0 Å². The molecule has 1 aromatic heterocycles. The summed E-state index contributed by atoms with van der Waals surface area (Å²) in [5.74, 6) is 0. The van der Waals surface area contributed by atoms with Gasteiger partial charge in [-0.05, 0) is 19.4 Å². The molecule has 0 aliphatic heterocycles. The minimum absolute atomic E-state index is 0.00519. The van der Waals surface area contributed by atoms with Crippen molar-refractivity contribution in [3.8, 4) is 0 Å². The summed E-state index contributed by atoms with van der Waals surface area (Å²) >= 11 is 5.91. The molecule has 0 fully saturated rings. The molecule has 0 saturated heterocycles. The van der Waals surface area contributed by atoms with Gasteiger partial charge in [0.15, 0.2) is 0 Å². The summed E-state index contributed by atoms with van der Waals surface area (Å²) in [5, 5.41) is 0.532. The van der Waals surface area contributed by atoms with E-state index in [0.717, 1.165) is 17.7 Å². The van der Waals surface area contributed by atoms with E-state index in [1.807, 2.05) is 26.0 Å². The molecule has 0 amide bonds. The Kier molecular flexibility index (Phi) is 3.06. The maximum absolute atomic E-state index is 5.91. The number of halogens is 1. The van der Waals surface area contributed by atoms with Gasteiger partial charge in [-0.2, -0.15) is 0 Å². The van der Waals surface area contributed by atoms with Gasteiger partial charge in [-0.1, -0.05) is 24.6 Å². The van der Waals surface area contributed by atoms with Gasteiger partial charge in [-0.25, -0.2) is 4.98 Å². The first kappa shape index (κ1) is 9.49. The van der Waals surface area contributed by atoms with Crippen molar-refractivity contribution in [2.45, 2.75) is 26.3 Å². The van der Waals surface area contributed by atoms with Gasteiger partial charge in [0.05, 0.1) is 0 Å². The number of pyridine rings is 1. The normalized spacial score (nSPS) is 13.0. The molecule has 0 spiro atoms. The number of hydrogen-bond donors (Lipinski definition) is 1. The van der Waals surface area contributed by atoms with Crippen LogP contribution in [0, 0.1) is 6.92 Å². The number of nitrogens with zero attached hydrogens (tertiary/aromatic N) is 1. The van der Waals surface area contributed by atoms with Crippen molar-refractivity contribution >= 4 is 11.6 Å². The van der Waals surface area contributed by atoms with Gasteiger partial charge < -0.3 is 5.73 Å². The van der Waals surface area contributed by atoms with Crippen molar-refractivity contribution in [2.75, 3.05) is 0 Å². The molecule has 0 bridgehead atoms. The highest BCUT2D eigenvalue weighted by Gasteiger charge is 2.08. The van der Waals surface area contributed by atoms with Crippen molar-refractivity contribution in [2.24, 2.45) is 5.73 Å². The molecule has 0 unspecified atom stereocenters. The van der Waals surface area contributed by atoms with E-state index >= 15 is 0 Å². The van der Waals surface area contributed by atoms with Crippen LogP contribution in [0.4, 0.5) is 0 Å². The highest BCUT2D eigenvalue weighted by atomic mass is 35.5. The predicted molar refractivity (Wildman–Crippen MR) is 51.2 cm³/mol. The van der Waals surface area contributed by atoms with Crippen LogP contribution < -0.4 is 5.73 Å². The summed E-state index contributed by atoms with van der Waals surface area (Å²) in [6, 6.07) is 3.88. The molecule has 3 heteroatoms. The zero-order valence-corrected chi connectivity index (χ0v) is 8.10. The monoisotopic (exact) mass is 184 g/mol. The molecule has 1 rings (SSSR count). The van der Waals surface area contributed by atoms with E-state index in [1.165, 1.54) is 0 Å². The fourth-order valence-corrected chi connectivity index (χ4v) is 1.37. The van der Waals surface area contributed by atoms with E-state index < -0.39 is 0 Å². The Hall–Kier alpha value is -0.600. The maximum atomic E-state index is 5.91. The fourth-order valence-electron chi connectivity index (χ4n) is 1.03. The third-order valence-electron chi connectivity index (χ3n) is 1.86. The lowest BCUT2D eigenvalue weighted by Crippen LogP contribution is -2.09. The molecule has 0 aromatic carbocycles. The summed E-state index contributed by atoms with van der Waals surface area (Å²) in [7, 11) is 0. The van der Waals surface area contributed by atoms with Crippen LogP contribution in [0.25, 0.3) is 0 Å². The first-order valence-corrected chi connectivity index (χ1v) is 4.41. The number of aromatic nitrogens is 1.